The Bertz CT molecular complexity index is 816. The smallest absolute Gasteiger partial charge is 0.320 e. The first-order valence-corrected chi connectivity index (χ1v) is 8.81. The van der Waals surface area contributed by atoms with Crippen LogP contribution in [0.15, 0.2) is 41.4 Å². The fourth-order valence-corrected chi connectivity index (χ4v) is 3.25. The molecule has 0 saturated carbocycles. The lowest BCUT2D eigenvalue weighted by atomic mass is 9.95. The Morgan fingerprint density at radius 2 is 1.85 bits per heavy atom. The number of aryl methyl sites for hydroxylation is 2. The summed E-state index contributed by atoms with van der Waals surface area (Å²) in [6, 6.07) is 11.0. The average Bonchev–Trinajstić information content (AvgIpc) is 3.06. The first-order chi connectivity index (χ1) is 12.6. The summed E-state index contributed by atoms with van der Waals surface area (Å²) in [7, 11) is 0. The minimum absolute atomic E-state index is 0.212. The van der Waals surface area contributed by atoms with Crippen LogP contribution in [-0.2, 0) is 22.6 Å². The van der Waals surface area contributed by atoms with Gasteiger partial charge in [-0.3, -0.25) is 9.79 Å². The lowest BCUT2D eigenvalue weighted by Crippen LogP contribution is -2.24. The Morgan fingerprint density at radius 3 is 2.58 bits per heavy atom. The van der Waals surface area contributed by atoms with Crippen molar-refractivity contribution in [2.75, 3.05) is 6.54 Å². The highest BCUT2D eigenvalue weighted by atomic mass is 19.1. The highest BCUT2D eigenvalue weighted by Crippen LogP contribution is 2.21. The molecule has 1 fully saturated rings. The molecule has 1 heterocycles. The van der Waals surface area contributed by atoms with Crippen molar-refractivity contribution in [3.8, 4) is 0 Å². The van der Waals surface area contributed by atoms with Gasteiger partial charge in [0.1, 0.15) is 11.7 Å². The molecule has 0 amide bonds. The van der Waals surface area contributed by atoms with Gasteiger partial charge in [-0.1, -0.05) is 24.3 Å². The molecule has 2 aromatic carbocycles. The molecule has 0 radical (unpaired) electrons. The molecule has 1 aliphatic heterocycles. The Kier molecular flexibility index (Phi) is 5.66. The molecular weight excluding hydrogens is 331 g/mol. The zero-order valence-corrected chi connectivity index (χ0v) is 15.2. The Hall–Kier alpha value is -2.69. The summed E-state index contributed by atoms with van der Waals surface area (Å²) in [4.78, 5) is 20.1. The van der Waals surface area contributed by atoms with Crippen LogP contribution in [0.1, 0.15) is 40.7 Å². The van der Waals surface area contributed by atoms with Crippen molar-refractivity contribution in [3.63, 3.8) is 0 Å². The van der Waals surface area contributed by atoms with Crippen molar-refractivity contribution in [3.05, 3.63) is 70.0 Å². The largest absolute Gasteiger partial charge is 0.343 e. The molecule has 136 valence electrons. The van der Waals surface area contributed by atoms with E-state index >= 15 is 0 Å². The normalized spacial score (nSPS) is 15.5. The van der Waals surface area contributed by atoms with Crippen LogP contribution in [0.4, 0.5) is 4.39 Å². The number of amidine groups is 1. The first-order valence-electron chi connectivity index (χ1n) is 8.81. The Labute approximate surface area is 153 Å². The van der Waals surface area contributed by atoms with Gasteiger partial charge < -0.3 is 4.84 Å². The number of rotatable bonds is 6. The Balaban J connectivity index is 1.74. The van der Waals surface area contributed by atoms with Crippen LogP contribution in [0.3, 0.4) is 0 Å². The van der Waals surface area contributed by atoms with Gasteiger partial charge in [-0.05, 0) is 66.6 Å². The maximum Gasteiger partial charge on any atom is 0.320 e. The van der Waals surface area contributed by atoms with Crippen LogP contribution < -0.4 is 0 Å². The molecule has 26 heavy (non-hydrogen) atoms. The molecule has 0 atom stereocenters. The number of carbonyl (C=O) groups is 1. The van der Waals surface area contributed by atoms with E-state index in [1.54, 1.807) is 5.06 Å². The lowest BCUT2D eigenvalue weighted by Gasteiger charge is -2.15. The maximum atomic E-state index is 13.1. The number of aliphatic imine (C=N–C) groups is 1. The second kappa shape index (κ2) is 8.13. The molecule has 0 bridgehead atoms. The summed E-state index contributed by atoms with van der Waals surface area (Å²) in [5.74, 6) is 0.611. The summed E-state index contributed by atoms with van der Waals surface area (Å²) >= 11 is 0. The monoisotopic (exact) mass is 354 g/mol. The van der Waals surface area contributed by atoms with Crippen molar-refractivity contribution in [1.82, 2.24) is 5.06 Å². The molecule has 0 unspecified atom stereocenters. The minimum Gasteiger partial charge on any atom is -0.343 e. The fraction of sp³-hybridized carbons (Fsp3) is 0.333. The highest BCUT2D eigenvalue weighted by molar-refractivity contribution is 5.83. The zero-order valence-electron chi connectivity index (χ0n) is 15.2. The second-order valence-electron chi connectivity index (χ2n) is 6.65. The van der Waals surface area contributed by atoms with Crippen molar-refractivity contribution >= 4 is 12.3 Å². The number of benzene rings is 2. The molecular formula is C21H23FN2O2. The standard InChI is InChI=1S/C21H23FN2O2/c1-15-11-19(13-23-21-4-3-9-24(21)26-14-25)16(2)10-18(15)12-17-5-7-20(22)8-6-17/h5-8,10-11,14H,3-4,9,12-13H2,1-2H3. The van der Waals surface area contributed by atoms with Gasteiger partial charge in [0.25, 0.3) is 0 Å². The molecule has 0 spiro atoms. The molecule has 0 aromatic heterocycles. The van der Waals surface area contributed by atoms with Crippen LogP contribution in [0, 0.1) is 19.7 Å². The van der Waals surface area contributed by atoms with E-state index in [1.165, 1.54) is 28.8 Å². The van der Waals surface area contributed by atoms with Gasteiger partial charge >= 0.3 is 6.47 Å². The summed E-state index contributed by atoms with van der Waals surface area (Å²) in [6.07, 6.45) is 2.55. The number of hydrogen-bond donors (Lipinski definition) is 0. The Morgan fingerprint density at radius 1 is 1.15 bits per heavy atom. The highest BCUT2D eigenvalue weighted by Gasteiger charge is 2.19. The summed E-state index contributed by atoms with van der Waals surface area (Å²) in [5, 5.41) is 1.57. The van der Waals surface area contributed by atoms with Crippen LogP contribution >= 0.6 is 0 Å². The summed E-state index contributed by atoms with van der Waals surface area (Å²) < 4.78 is 13.1. The number of hydrogen-bond acceptors (Lipinski definition) is 3. The van der Waals surface area contributed by atoms with E-state index in [2.05, 4.69) is 31.0 Å². The molecule has 1 saturated heterocycles. The minimum atomic E-state index is -0.212. The van der Waals surface area contributed by atoms with Crippen LogP contribution in [0.2, 0.25) is 0 Å². The SMILES string of the molecule is Cc1cc(Cc2ccc(F)cc2)c(C)cc1CN=C1CCCN1OC=O. The molecule has 4 nitrogen and oxygen atoms in total. The number of nitrogens with zero attached hydrogens (tertiary/aromatic N) is 2. The molecule has 2 aromatic rings. The average molecular weight is 354 g/mol. The number of halogens is 1. The van der Waals surface area contributed by atoms with E-state index in [1.807, 2.05) is 12.1 Å². The summed E-state index contributed by atoms with van der Waals surface area (Å²) in [5.41, 5.74) is 5.86. The van der Waals surface area contributed by atoms with Crippen LogP contribution in [0.5, 0.6) is 0 Å². The third kappa shape index (κ3) is 4.28. The van der Waals surface area contributed by atoms with Crippen molar-refractivity contribution < 1.29 is 14.0 Å². The molecule has 0 aliphatic carbocycles. The van der Waals surface area contributed by atoms with Gasteiger partial charge in [0.15, 0.2) is 0 Å². The third-order valence-electron chi connectivity index (χ3n) is 4.75. The molecule has 0 N–H and O–H groups in total. The second-order valence-corrected chi connectivity index (χ2v) is 6.65. The van der Waals surface area contributed by atoms with Gasteiger partial charge in [-0.15, -0.1) is 0 Å². The predicted octanol–water partition coefficient (Wildman–Crippen LogP) is 4.12. The zero-order chi connectivity index (χ0) is 18.5. The van der Waals surface area contributed by atoms with Gasteiger partial charge in [-0.25, -0.2) is 4.39 Å². The maximum absolute atomic E-state index is 13.1. The predicted molar refractivity (Wildman–Crippen MR) is 99.4 cm³/mol. The fourth-order valence-electron chi connectivity index (χ4n) is 3.25. The van der Waals surface area contributed by atoms with Crippen molar-refractivity contribution in [1.29, 1.82) is 0 Å². The van der Waals surface area contributed by atoms with E-state index in [0.717, 1.165) is 36.2 Å². The van der Waals surface area contributed by atoms with E-state index in [4.69, 9.17) is 4.84 Å². The molecule has 5 heteroatoms. The van der Waals surface area contributed by atoms with E-state index in [0.29, 0.717) is 19.6 Å². The first kappa shape index (κ1) is 18.1. The molecule has 3 rings (SSSR count). The third-order valence-corrected chi connectivity index (χ3v) is 4.75. The van der Waals surface area contributed by atoms with Gasteiger partial charge in [-0.2, -0.15) is 5.06 Å². The van der Waals surface area contributed by atoms with Crippen molar-refractivity contribution in [2.45, 2.75) is 39.7 Å². The molecule has 1 aliphatic rings. The quantitative estimate of drug-likeness (QED) is 0.733. The van der Waals surface area contributed by atoms with E-state index < -0.39 is 0 Å². The number of carbonyl (C=O) groups excluding carboxylic acids is 1. The van der Waals surface area contributed by atoms with E-state index in [9.17, 15) is 9.18 Å². The van der Waals surface area contributed by atoms with Gasteiger partial charge in [0, 0.05) is 6.42 Å². The van der Waals surface area contributed by atoms with Gasteiger partial charge in [0.05, 0.1) is 13.1 Å². The summed E-state index contributed by atoms with van der Waals surface area (Å²) in [6.45, 7) is 5.88. The van der Waals surface area contributed by atoms with Crippen LogP contribution in [-0.4, -0.2) is 23.9 Å². The van der Waals surface area contributed by atoms with Crippen molar-refractivity contribution in [2.24, 2.45) is 4.99 Å². The topological polar surface area (TPSA) is 41.9 Å². The number of hydroxylamine groups is 2. The van der Waals surface area contributed by atoms with Crippen LogP contribution in [0.25, 0.3) is 0 Å². The lowest BCUT2D eigenvalue weighted by molar-refractivity contribution is -0.154. The van der Waals surface area contributed by atoms with Gasteiger partial charge in [0.2, 0.25) is 0 Å². The van der Waals surface area contributed by atoms with E-state index in [-0.39, 0.29) is 5.82 Å².